The second-order valence-corrected chi connectivity index (χ2v) is 6.82. The molecule has 0 N–H and O–H groups in total. The van der Waals surface area contributed by atoms with Crippen LogP contribution in [0.25, 0.3) is 10.9 Å². The minimum atomic E-state index is -0.451. The summed E-state index contributed by atoms with van der Waals surface area (Å²) >= 11 is 6.01. The number of rotatable bonds is 5. The number of nitrogens with zero attached hydrogens (tertiary/aromatic N) is 3. The van der Waals surface area contributed by atoms with Crippen LogP contribution >= 0.6 is 11.6 Å². The van der Waals surface area contributed by atoms with Crippen LogP contribution in [0.1, 0.15) is 17.5 Å². The number of benzene rings is 2. The number of hydrogen-bond acceptors (Lipinski definition) is 3. The van der Waals surface area contributed by atoms with E-state index in [1.807, 2.05) is 19.1 Å². The zero-order valence-corrected chi connectivity index (χ0v) is 15.8. The van der Waals surface area contributed by atoms with E-state index in [-0.39, 0.29) is 41.6 Å². The minimum absolute atomic E-state index is 0.0639. The lowest BCUT2D eigenvalue weighted by molar-refractivity contribution is -0.130. The third-order valence-electron chi connectivity index (χ3n) is 4.50. The number of hydrogen-bond donors (Lipinski definition) is 0. The third kappa shape index (κ3) is 4.01. The lowest BCUT2D eigenvalue weighted by atomic mass is 10.1. The van der Waals surface area contributed by atoms with Gasteiger partial charge in [-0.2, -0.15) is 0 Å². The van der Waals surface area contributed by atoms with Crippen molar-refractivity contribution in [1.82, 2.24) is 14.5 Å². The number of para-hydroxylation sites is 1. The normalized spacial score (nSPS) is 11.0. The van der Waals surface area contributed by atoms with E-state index in [9.17, 15) is 14.0 Å². The molecule has 0 spiro atoms. The summed E-state index contributed by atoms with van der Waals surface area (Å²) in [6, 6.07) is 9.84. The van der Waals surface area contributed by atoms with Crippen molar-refractivity contribution >= 4 is 28.4 Å². The quantitative estimate of drug-likeness (QED) is 0.672. The van der Waals surface area contributed by atoms with Gasteiger partial charge in [0.05, 0.1) is 17.2 Å². The van der Waals surface area contributed by atoms with Crippen molar-refractivity contribution in [3.63, 3.8) is 0 Å². The summed E-state index contributed by atoms with van der Waals surface area (Å²) in [5.74, 6) is -0.668. The van der Waals surface area contributed by atoms with Crippen LogP contribution in [0.4, 0.5) is 4.39 Å². The van der Waals surface area contributed by atoms with Gasteiger partial charge in [0, 0.05) is 37.1 Å². The molecule has 7 heteroatoms. The Balaban J connectivity index is 1.71. The highest BCUT2D eigenvalue weighted by molar-refractivity contribution is 6.31. The van der Waals surface area contributed by atoms with E-state index in [0.29, 0.717) is 10.9 Å². The number of amides is 1. The van der Waals surface area contributed by atoms with E-state index in [4.69, 9.17) is 11.6 Å². The fraction of sp³-hybridized carbons (Fsp3) is 0.250. The predicted octanol–water partition coefficient (Wildman–Crippen LogP) is 3.55. The molecule has 1 amide bonds. The minimum Gasteiger partial charge on any atom is -0.341 e. The van der Waals surface area contributed by atoms with Gasteiger partial charge in [-0.1, -0.05) is 29.8 Å². The van der Waals surface area contributed by atoms with Gasteiger partial charge in [-0.3, -0.25) is 14.2 Å². The topological polar surface area (TPSA) is 55.2 Å². The van der Waals surface area contributed by atoms with Gasteiger partial charge in [-0.25, -0.2) is 9.37 Å². The van der Waals surface area contributed by atoms with E-state index in [1.54, 1.807) is 19.2 Å². The molecule has 140 valence electrons. The summed E-state index contributed by atoms with van der Waals surface area (Å²) in [5, 5.41) is 0.802. The molecule has 0 fully saturated rings. The number of aryl methyl sites for hydroxylation is 2. The van der Waals surface area contributed by atoms with Gasteiger partial charge >= 0.3 is 0 Å². The summed E-state index contributed by atoms with van der Waals surface area (Å²) in [6.45, 7) is 2.16. The summed E-state index contributed by atoms with van der Waals surface area (Å²) in [6.07, 6.45) is 1.56. The Hall–Kier alpha value is -2.73. The average molecular weight is 388 g/mol. The molecule has 3 rings (SSSR count). The van der Waals surface area contributed by atoms with Gasteiger partial charge in [0.25, 0.3) is 5.56 Å². The van der Waals surface area contributed by atoms with E-state index < -0.39 is 5.82 Å². The second-order valence-electron chi connectivity index (χ2n) is 6.41. The molecule has 0 unspecified atom stereocenters. The maximum atomic E-state index is 13.9. The zero-order valence-electron chi connectivity index (χ0n) is 15.1. The van der Waals surface area contributed by atoms with Crippen molar-refractivity contribution in [3.8, 4) is 0 Å². The maximum absolute atomic E-state index is 13.9. The monoisotopic (exact) mass is 387 g/mol. The van der Waals surface area contributed by atoms with E-state index >= 15 is 0 Å². The highest BCUT2D eigenvalue weighted by Crippen LogP contribution is 2.20. The molecule has 3 aromatic rings. The first-order valence-corrected chi connectivity index (χ1v) is 8.88. The molecular weight excluding hydrogens is 369 g/mol. The van der Waals surface area contributed by atoms with Crippen molar-refractivity contribution in [1.29, 1.82) is 0 Å². The Morgan fingerprint density at radius 1 is 1.26 bits per heavy atom. The highest BCUT2D eigenvalue weighted by Gasteiger charge is 2.15. The first kappa shape index (κ1) is 19.0. The van der Waals surface area contributed by atoms with Gasteiger partial charge < -0.3 is 4.90 Å². The first-order chi connectivity index (χ1) is 12.9. The SMILES string of the molecule is Cc1cccc2c(=O)n(CCC(=O)N(C)Cc3c(F)cccc3Cl)cnc12. The van der Waals surface area contributed by atoms with Crippen LogP contribution in [-0.4, -0.2) is 27.4 Å². The fourth-order valence-electron chi connectivity index (χ4n) is 2.91. The Kier molecular flexibility index (Phi) is 5.56. The molecule has 0 aliphatic heterocycles. The number of halogens is 2. The number of carbonyl (C=O) groups is 1. The molecule has 27 heavy (non-hydrogen) atoms. The van der Waals surface area contributed by atoms with Crippen molar-refractivity contribution in [3.05, 3.63) is 75.0 Å². The average Bonchev–Trinajstić information content (AvgIpc) is 2.64. The Labute approximate surface area is 161 Å². The van der Waals surface area contributed by atoms with Gasteiger partial charge in [0.15, 0.2) is 0 Å². The standard InChI is InChI=1S/C20H19ClFN3O2/c1-13-5-3-6-14-19(13)23-12-25(20(14)27)10-9-18(26)24(2)11-15-16(21)7-4-8-17(15)22/h3-8,12H,9-11H2,1-2H3. The molecule has 0 aliphatic rings. The van der Waals surface area contributed by atoms with Crippen LogP contribution < -0.4 is 5.56 Å². The Morgan fingerprint density at radius 3 is 2.74 bits per heavy atom. The zero-order chi connectivity index (χ0) is 19.6. The molecule has 0 bridgehead atoms. The second kappa shape index (κ2) is 7.88. The lowest BCUT2D eigenvalue weighted by Gasteiger charge is -2.18. The maximum Gasteiger partial charge on any atom is 0.261 e. The van der Waals surface area contributed by atoms with Crippen LogP contribution in [0.5, 0.6) is 0 Å². The van der Waals surface area contributed by atoms with E-state index in [0.717, 1.165) is 5.56 Å². The largest absolute Gasteiger partial charge is 0.341 e. The third-order valence-corrected chi connectivity index (χ3v) is 4.86. The Bertz CT molecular complexity index is 1040. The molecule has 5 nitrogen and oxygen atoms in total. The number of fused-ring (bicyclic) bond motifs is 1. The van der Waals surface area contributed by atoms with Crippen molar-refractivity contribution < 1.29 is 9.18 Å². The summed E-state index contributed by atoms with van der Waals surface area (Å²) in [7, 11) is 1.58. The molecule has 2 aromatic carbocycles. The number of carbonyl (C=O) groups excluding carboxylic acids is 1. The van der Waals surface area contributed by atoms with Gasteiger partial charge in [0.1, 0.15) is 5.82 Å². The molecule has 0 aliphatic carbocycles. The van der Waals surface area contributed by atoms with E-state index in [1.165, 1.54) is 27.9 Å². The van der Waals surface area contributed by atoms with Crippen molar-refractivity contribution in [2.75, 3.05) is 7.05 Å². The molecule has 0 atom stereocenters. The summed E-state index contributed by atoms with van der Waals surface area (Å²) < 4.78 is 15.3. The molecule has 0 radical (unpaired) electrons. The van der Waals surface area contributed by atoms with Gasteiger partial charge in [-0.05, 0) is 30.7 Å². The lowest BCUT2D eigenvalue weighted by Crippen LogP contribution is -2.29. The van der Waals surface area contributed by atoms with Crippen LogP contribution in [-0.2, 0) is 17.9 Å². The highest BCUT2D eigenvalue weighted by atomic mass is 35.5. The summed E-state index contributed by atoms with van der Waals surface area (Å²) in [4.78, 5) is 30.7. The summed E-state index contributed by atoms with van der Waals surface area (Å²) in [5.41, 5.74) is 1.68. The Morgan fingerprint density at radius 2 is 2.00 bits per heavy atom. The molecular formula is C20H19ClFN3O2. The van der Waals surface area contributed by atoms with Gasteiger partial charge in [0.2, 0.25) is 5.91 Å². The van der Waals surface area contributed by atoms with Crippen LogP contribution in [0, 0.1) is 12.7 Å². The molecule has 0 saturated carbocycles. The first-order valence-electron chi connectivity index (χ1n) is 8.50. The number of aromatic nitrogens is 2. The van der Waals surface area contributed by atoms with Crippen LogP contribution in [0.15, 0.2) is 47.5 Å². The molecule has 1 aromatic heterocycles. The van der Waals surface area contributed by atoms with Crippen LogP contribution in [0.3, 0.4) is 0 Å². The molecule has 0 saturated heterocycles. The van der Waals surface area contributed by atoms with E-state index in [2.05, 4.69) is 4.98 Å². The smallest absolute Gasteiger partial charge is 0.261 e. The molecule has 1 heterocycles. The van der Waals surface area contributed by atoms with Gasteiger partial charge in [-0.15, -0.1) is 0 Å². The van der Waals surface area contributed by atoms with Crippen molar-refractivity contribution in [2.45, 2.75) is 26.4 Å². The fourth-order valence-corrected chi connectivity index (χ4v) is 3.14. The van der Waals surface area contributed by atoms with Crippen molar-refractivity contribution in [2.24, 2.45) is 0 Å². The van der Waals surface area contributed by atoms with Crippen LogP contribution in [0.2, 0.25) is 5.02 Å². The predicted molar refractivity (Wildman–Crippen MR) is 103 cm³/mol.